The van der Waals surface area contributed by atoms with E-state index in [0.717, 1.165) is 31.2 Å². The van der Waals surface area contributed by atoms with Gasteiger partial charge in [-0.05, 0) is 48.8 Å². The summed E-state index contributed by atoms with van der Waals surface area (Å²) in [6.07, 6.45) is 7.30. The molecule has 0 radical (unpaired) electrons. The van der Waals surface area contributed by atoms with E-state index in [0.29, 0.717) is 19.8 Å². The molecule has 160 valence electrons. The topological polar surface area (TPSA) is 70.1 Å². The zero-order valence-electron chi connectivity index (χ0n) is 17.3. The second kappa shape index (κ2) is 8.16. The van der Waals surface area contributed by atoms with Gasteiger partial charge in [0.25, 0.3) is 0 Å². The highest BCUT2D eigenvalue weighted by molar-refractivity contribution is 5.88. The maximum absolute atomic E-state index is 13.0. The molecule has 3 saturated heterocycles. The highest BCUT2D eigenvalue weighted by atomic mass is 16.5. The first-order valence-corrected chi connectivity index (χ1v) is 11.3. The van der Waals surface area contributed by atoms with Gasteiger partial charge in [0.05, 0.1) is 25.2 Å². The summed E-state index contributed by atoms with van der Waals surface area (Å²) >= 11 is 0. The highest BCUT2D eigenvalue weighted by Crippen LogP contribution is 2.43. The fourth-order valence-electron chi connectivity index (χ4n) is 5.72. The van der Waals surface area contributed by atoms with Gasteiger partial charge < -0.3 is 19.6 Å². The fourth-order valence-corrected chi connectivity index (χ4v) is 5.72. The van der Waals surface area contributed by atoms with E-state index in [1.54, 1.807) is 4.90 Å². The van der Waals surface area contributed by atoms with Crippen LogP contribution in [0.25, 0.3) is 5.57 Å². The lowest BCUT2D eigenvalue weighted by Gasteiger charge is -2.59. The van der Waals surface area contributed by atoms with E-state index in [2.05, 4.69) is 30.3 Å². The average molecular weight is 411 g/mol. The van der Waals surface area contributed by atoms with E-state index in [4.69, 9.17) is 4.74 Å². The first kappa shape index (κ1) is 19.8. The Morgan fingerprint density at radius 3 is 2.60 bits per heavy atom. The van der Waals surface area contributed by atoms with Crippen LogP contribution in [0.4, 0.5) is 0 Å². The first-order valence-electron chi connectivity index (χ1n) is 11.3. The highest BCUT2D eigenvalue weighted by Gasteiger charge is 2.54. The summed E-state index contributed by atoms with van der Waals surface area (Å²) in [7, 11) is 0. The molecule has 3 heterocycles. The van der Waals surface area contributed by atoms with E-state index in [-0.39, 0.29) is 48.9 Å². The van der Waals surface area contributed by atoms with Gasteiger partial charge in [-0.3, -0.25) is 9.59 Å². The number of aliphatic hydroxyl groups excluding tert-OH is 1. The standard InChI is InChI=1S/C24H30N2O4/c27-15-21-23(18-7-5-17(6-8-18)16-3-1-2-4-16)20-13-25(14-22(28)26(20)21)24(29)19-9-11-30-12-10-19/h3,5-8,19-21,23,27H,1-2,4,9-15H2/t20-,21-,23+/m0/s1. The van der Waals surface area contributed by atoms with E-state index in [1.807, 2.05) is 4.90 Å². The van der Waals surface area contributed by atoms with Gasteiger partial charge in [0.2, 0.25) is 11.8 Å². The number of hydrogen-bond donors (Lipinski definition) is 1. The third-order valence-electron chi connectivity index (χ3n) is 7.34. The molecule has 1 aliphatic carbocycles. The van der Waals surface area contributed by atoms with Gasteiger partial charge in [0.1, 0.15) is 0 Å². The quantitative estimate of drug-likeness (QED) is 0.826. The van der Waals surface area contributed by atoms with Crippen LogP contribution >= 0.6 is 0 Å². The van der Waals surface area contributed by atoms with Crippen LogP contribution in [-0.2, 0) is 14.3 Å². The number of ether oxygens (including phenoxy) is 1. The van der Waals surface area contributed by atoms with Crippen molar-refractivity contribution in [2.75, 3.05) is 32.9 Å². The minimum absolute atomic E-state index is 0.0377. The Bertz CT molecular complexity index is 843. The van der Waals surface area contributed by atoms with E-state index >= 15 is 0 Å². The normalized spacial score (nSPS) is 29.4. The smallest absolute Gasteiger partial charge is 0.242 e. The Balaban J connectivity index is 1.34. The van der Waals surface area contributed by atoms with Crippen molar-refractivity contribution in [3.05, 3.63) is 41.5 Å². The Labute approximate surface area is 177 Å². The number of amides is 2. The predicted molar refractivity (Wildman–Crippen MR) is 113 cm³/mol. The Kier molecular flexibility index (Phi) is 5.37. The van der Waals surface area contributed by atoms with Gasteiger partial charge in [-0.15, -0.1) is 0 Å². The van der Waals surface area contributed by atoms with Crippen LogP contribution in [-0.4, -0.2) is 71.7 Å². The summed E-state index contributed by atoms with van der Waals surface area (Å²) in [5.41, 5.74) is 3.83. The van der Waals surface area contributed by atoms with Crippen LogP contribution in [0.1, 0.15) is 49.1 Å². The third kappa shape index (κ3) is 3.36. The van der Waals surface area contributed by atoms with Gasteiger partial charge in [-0.2, -0.15) is 0 Å². The Hall–Kier alpha value is -2.18. The number of benzene rings is 1. The predicted octanol–water partition coefficient (Wildman–Crippen LogP) is 2.18. The van der Waals surface area contributed by atoms with Crippen molar-refractivity contribution in [2.24, 2.45) is 5.92 Å². The van der Waals surface area contributed by atoms with Gasteiger partial charge in [-0.1, -0.05) is 30.3 Å². The molecule has 0 aromatic heterocycles. The van der Waals surface area contributed by atoms with Crippen molar-refractivity contribution >= 4 is 17.4 Å². The van der Waals surface area contributed by atoms with Crippen LogP contribution in [0.15, 0.2) is 30.3 Å². The molecular weight excluding hydrogens is 380 g/mol. The molecule has 5 rings (SSSR count). The largest absolute Gasteiger partial charge is 0.394 e. The maximum atomic E-state index is 13.0. The lowest BCUT2D eigenvalue weighted by molar-refractivity contribution is -0.169. The first-order chi connectivity index (χ1) is 14.7. The summed E-state index contributed by atoms with van der Waals surface area (Å²) in [5.74, 6) is 0.0655. The number of rotatable bonds is 4. The van der Waals surface area contributed by atoms with Gasteiger partial charge in [0, 0.05) is 31.6 Å². The molecule has 3 fully saturated rings. The monoisotopic (exact) mass is 410 g/mol. The molecule has 6 nitrogen and oxygen atoms in total. The molecule has 3 atom stereocenters. The van der Waals surface area contributed by atoms with Crippen molar-refractivity contribution in [1.82, 2.24) is 9.80 Å². The molecule has 0 spiro atoms. The number of hydrogen-bond acceptors (Lipinski definition) is 4. The molecule has 2 amide bonds. The van der Waals surface area contributed by atoms with E-state index in [1.165, 1.54) is 17.6 Å². The van der Waals surface area contributed by atoms with Gasteiger partial charge in [-0.25, -0.2) is 0 Å². The van der Waals surface area contributed by atoms with Crippen LogP contribution in [0.3, 0.4) is 0 Å². The minimum atomic E-state index is -0.195. The van der Waals surface area contributed by atoms with Crippen molar-refractivity contribution in [1.29, 1.82) is 0 Å². The average Bonchev–Trinajstić information content (AvgIpc) is 3.30. The number of nitrogens with zero attached hydrogens (tertiary/aromatic N) is 2. The number of carbonyl (C=O) groups excluding carboxylic acids is 2. The lowest BCUT2D eigenvalue weighted by Crippen LogP contribution is -2.73. The molecule has 1 aromatic rings. The molecule has 6 heteroatoms. The van der Waals surface area contributed by atoms with E-state index in [9.17, 15) is 14.7 Å². The summed E-state index contributed by atoms with van der Waals surface area (Å²) in [6.45, 7) is 1.87. The van der Waals surface area contributed by atoms with Crippen LogP contribution < -0.4 is 0 Å². The number of aliphatic hydroxyl groups is 1. The molecule has 30 heavy (non-hydrogen) atoms. The zero-order valence-corrected chi connectivity index (χ0v) is 17.3. The third-order valence-corrected chi connectivity index (χ3v) is 7.34. The molecule has 1 N–H and O–H groups in total. The Morgan fingerprint density at radius 1 is 1.17 bits per heavy atom. The molecular formula is C24H30N2O4. The summed E-state index contributed by atoms with van der Waals surface area (Å²) in [5, 5.41) is 9.98. The van der Waals surface area contributed by atoms with Crippen molar-refractivity contribution in [3.63, 3.8) is 0 Å². The summed E-state index contributed by atoms with van der Waals surface area (Å²) in [6, 6.07) is 8.37. The van der Waals surface area contributed by atoms with Gasteiger partial charge >= 0.3 is 0 Å². The second-order valence-electron chi connectivity index (χ2n) is 8.99. The van der Waals surface area contributed by atoms with Crippen LogP contribution in [0, 0.1) is 5.92 Å². The molecule has 0 bridgehead atoms. The molecule has 1 aromatic carbocycles. The molecule has 0 unspecified atom stereocenters. The maximum Gasteiger partial charge on any atom is 0.242 e. The van der Waals surface area contributed by atoms with Crippen LogP contribution in [0.5, 0.6) is 0 Å². The molecule has 3 aliphatic heterocycles. The van der Waals surface area contributed by atoms with Crippen molar-refractivity contribution < 1.29 is 19.4 Å². The van der Waals surface area contributed by atoms with Crippen molar-refractivity contribution in [3.8, 4) is 0 Å². The summed E-state index contributed by atoms with van der Waals surface area (Å²) in [4.78, 5) is 29.4. The molecule has 4 aliphatic rings. The fraction of sp³-hybridized carbons (Fsp3) is 0.583. The lowest BCUT2D eigenvalue weighted by atomic mass is 9.73. The Morgan fingerprint density at radius 2 is 1.93 bits per heavy atom. The second-order valence-corrected chi connectivity index (χ2v) is 8.99. The van der Waals surface area contributed by atoms with Crippen molar-refractivity contribution in [2.45, 2.75) is 50.1 Å². The number of carbonyl (C=O) groups is 2. The SMILES string of the molecule is O=C(C1CCOCC1)N1CC(=O)N2[C@@H](CO)[C@H](c3ccc(C4=CCCC4)cc3)[C@@H]2C1. The number of allylic oxidation sites excluding steroid dienone is 2. The summed E-state index contributed by atoms with van der Waals surface area (Å²) < 4.78 is 5.38. The molecule has 0 saturated carbocycles. The number of fused-ring (bicyclic) bond motifs is 1. The van der Waals surface area contributed by atoms with Gasteiger partial charge in [0.15, 0.2) is 0 Å². The number of piperazine rings is 1. The van der Waals surface area contributed by atoms with Crippen LogP contribution in [0.2, 0.25) is 0 Å². The zero-order chi connectivity index (χ0) is 20.7. The minimum Gasteiger partial charge on any atom is -0.394 e. The van der Waals surface area contributed by atoms with E-state index < -0.39 is 0 Å².